The first-order valence-electron chi connectivity index (χ1n) is 7.95. The summed E-state index contributed by atoms with van der Waals surface area (Å²) < 4.78 is 0. The molecular weight excluding hydrogens is 282 g/mol. The lowest BCUT2D eigenvalue weighted by atomic mass is 9.80. The third-order valence-electron chi connectivity index (χ3n) is 4.69. The fraction of sp³-hybridized carbons (Fsp3) is 0.611. The van der Waals surface area contributed by atoms with Crippen LogP contribution in [0.3, 0.4) is 0 Å². The first-order valence-corrected chi connectivity index (χ1v) is 8.48. The van der Waals surface area contributed by atoms with E-state index >= 15 is 0 Å². The summed E-state index contributed by atoms with van der Waals surface area (Å²) >= 11 is 6.06. The van der Waals surface area contributed by atoms with Crippen molar-refractivity contribution in [1.82, 2.24) is 5.32 Å². The number of carbonyl (C=O) groups is 1. The van der Waals surface area contributed by atoms with Crippen LogP contribution < -0.4 is 5.32 Å². The van der Waals surface area contributed by atoms with Crippen LogP contribution in [0.2, 0.25) is 0 Å². The second kappa shape index (κ2) is 7.31. The molecule has 1 aliphatic carbocycles. The zero-order valence-corrected chi connectivity index (χ0v) is 14.1. The highest BCUT2D eigenvalue weighted by Crippen LogP contribution is 2.30. The molecule has 1 aromatic rings. The predicted molar refractivity (Wildman–Crippen MR) is 89.2 cm³/mol. The number of rotatable bonds is 4. The number of benzene rings is 1. The van der Waals surface area contributed by atoms with Crippen molar-refractivity contribution in [2.45, 2.75) is 46.5 Å². The Bertz CT molecular complexity index is 489. The molecule has 116 valence electrons. The smallest absolute Gasteiger partial charge is 0.251 e. The van der Waals surface area contributed by atoms with Gasteiger partial charge in [-0.1, -0.05) is 30.5 Å². The number of carbonyl (C=O) groups excluding carboxylic acids is 1. The Morgan fingerprint density at radius 1 is 1.14 bits per heavy atom. The fourth-order valence-corrected chi connectivity index (χ4v) is 4.01. The molecule has 1 N–H and O–H groups in total. The average molecular weight is 308 g/mol. The monoisotopic (exact) mass is 307 g/mol. The maximum absolute atomic E-state index is 12.5. The first-order chi connectivity index (χ1) is 10.0. The number of nitrogens with one attached hydrogen (secondary N) is 1. The van der Waals surface area contributed by atoms with Crippen LogP contribution in [0.1, 0.15) is 52.7 Å². The number of alkyl halides is 1. The Hall–Kier alpha value is -1.02. The maximum Gasteiger partial charge on any atom is 0.251 e. The van der Waals surface area contributed by atoms with Crippen molar-refractivity contribution in [3.8, 4) is 0 Å². The zero-order valence-electron chi connectivity index (χ0n) is 13.3. The molecule has 0 aromatic heterocycles. The molecule has 0 heterocycles. The number of hydrogen-bond donors (Lipinski definition) is 1. The van der Waals surface area contributed by atoms with Gasteiger partial charge in [-0.3, -0.25) is 4.79 Å². The van der Waals surface area contributed by atoms with Gasteiger partial charge < -0.3 is 5.32 Å². The van der Waals surface area contributed by atoms with Crippen LogP contribution in [0.25, 0.3) is 0 Å². The molecule has 0 aliphatic heterocycles. The van der Waals surface area contributed by atoms with Gasteiger partial charge in [0.1, 0.15) is 0 Å². The Balaban J connectivity index is 2.02. The summed E-state index contributed by atoms with van der Waals surface area (Å²) in [7, 11) is 0. The van der Waals surface area contributed by atoms with E-state index in [-0.39, 0.29) is 5.91 Å². The summed E-state index contributed by atoms with van der Waals surface area (Å²) in [6, 6.07) is 4.15. The van der Waals surface area contributed by atoms with Gasteiger partial charge in [0.2, 0.25) is 0 Å². The van der Waals surface area contributed by atoms with Gasteiger partial charge in [0.15, 0.2) is 0 Å². The van der Waals surface area contributed by atoms with Crippen LogP contribution >= 0.6 is 11.6 Å². The minimum atomic E-state index is 0.0592. The van der Waals surface area contributed by atoms with E-state index in [1.54, 1.807) is 0 Å². The molecule has 3 heteroatoms. The Morgan fingerprint density at radius 2 is 1.71 bits per heavy atom. The van der Waals surface area contributed by atoms with Crippen molar-refractivity contribution in [3.63, 3.8) is 0 Å². The summed E-state index contributed by atoms with van der Waals surface area (Å²) in [6.45, 7) is 6.84. The van der Waals surface area contributed by atoms with Crippen molar-refractivity contribution in [1.29, 1.82) is 0 Å². The fourth-order valence-electron chi connectivity index (χ4n) is 3.61. The minimum absolute atomic E-state index is 0.0592. The topological polar surface area (TPSA) is 29.1 Å². The van der Waals surface area contributed by atoms with Crippen LogP contribution in [0.15, 0.2) is 12.1 Å². The first kappa shape index (κ1) is 16.4. The quantitative estimate of drug-likeness (QED) is 0.821. The molecule has 0 bridgehead atoms. The van der Waals surface area contributed by atoms with Crippen molar-refractivity contribution in [2.75, 3.05) is 12.4 Å². The Kier molecular flexibility index (Phi) is 5.69. The second-order valence-corrected chi connectivity index (χ2v) is 6.75. The molecule has 2 nitrogen and oxygen atoms in total. The van der Waals surface area contributed by atoms with Gasteiger partial charge in [0, 0.05) is 18.0 Å². The maximum atomic E-state index is 12.5. The normalized spacial score (nSPS) is 22.1. The summed E-state index contributed by atoms with van der Waals surface area (Å²) in [6.07, 6.45) is 4.92. The summed E-state index contributed by atoms with van der Waals surface area (Å²) in [4.78, 5) is 12.5. The molecular formula is C18H26ClNO. The van der Waals surface area contributed by atoms with E-state index in [2.05, 4.69) is 24.4 Å². The molecule has 0 saturated heterocycles. The van der Waals surface area contributed by atoms with Crippen LogP contribution in [-0.2, 0) is 0 Å². The molecule has 1 amide bonds. The highest BCUT2D eigenvalue weighted by atomic mass is 35.5. The predicted octanol–water partition coefficient (Wildman–Crippen LogP) is 4.39. The lowest BCUT2D eigenvalue weighted by Crippen LogP contribution is -2.35. The lowest BCUT2D eigenvalue weighted by Gasteiger charge is -2.30. The van der Waals surface area contributed by atoms with E-state index in [1.165, 1.54) is 31.2 Å². The van der Waals surface area contributed by atoms with E-state index in [1.807, 2.05) is 13.8 Å². The minimum Gasteiger partial charge on any atom is -0.352 e. The molecule has 2 rings (SSSR count). The lowest BCUT2D eigenvalue weighted by molar-refractivity contribution is 0.0935. The van der Waals surface area contributed by atoms with Crippen molar-refractivity contribution < 1.29 is 4.79 Å². The van der Waals surface area contributed by atoms with Crippen LogP contribution in [0.5, 0.6) is 0 Å². The summed E-state index contributed by atoms with van der Waals surface area (Å²) in [5.41, 5.74) is 4.15. The Morgan fingerprint density at radius 3 is 2.29 bits per heavy atom. The molecule has 2 atom stereocenters. The molecule has 0 spiro atoms. The largest absolute Gasteiger partial charge is 0.352 e. The highest BCUT2D eigenvalue weighted by molar-refractivity contribution is 6.18. The third kappa shape index (κ3) is 4.00. The van der Waals surface area contributed by atoms with Crippen LogP contribution in [-0.4, -0.2) is 18.3 Å². The van der Waals surface area contributed by atoms with Gasteiger partial charge in [-0.15, -0.1) is 11.6 Å². The summed E-state index contributed by atoms with van der Waals surface area (Å²) in [5.74, 6) is 1.86. The number of halogens is 1. The van der Waals surface area contributed by atoms with Crippen molar-refractivity contribution >= 4 is 17.5 Å². The molecule has 0 radical (unpaired) electrons. The number of amides is 1. The second-order valence-electron chi connectivity index (χ2n) is 6.44. The summed E-state index contributed by atoms with van der Waals surface area (Å²) in [5, 5.41) is 3.14. The van der Waals surface area contributed by atoms with E-state index in [0.717, 1.165) is 23.2 Å². The Labute approximate surface area is 133 Å². The van der Waals surface area contributed by atoms with Gasteiger partial charge in [-0.2, -0.15) is 0 Å². The number of hydrogen-bond acceptors (Lipinski definition) is 1. The van der Waals surface area contributed by atoms with Gasteiger partial charge in [0.05, 0.1) is 0 Å². The molecule has 1 saturated carbocycles. The van der Waals surface area contributed by atoms with E-state index in [0.29, 0.717) is 17.7 Å². The molecule has 1 fully saturated rings. The SMILES string of the molecule is Cc1cc(C)c(C(=O)NCC2CCCCC2CCl)c(C)c1. The molecule has 2 unspecified atom stereocenters. The van der Waals surface area contributed by atoms with Gasteiger partial charge in [-0.25, -0.2) is 0 Å². The van der Waals surface area contributed by atoms with E-state index < -0.39 is 0 Å². The van der Waals surface area contributed by atoms with E-state index in [4.69, 9.17) is 11.6 Å². The number of aryl methyl sites for hydroxylation is 3. The zero-order chi connectivity index (χ0) is 15.4. The molecule has 21 heavy (non-hydrogen) atoms. The average Bonchev–Trinajstić information content (AvgIpc) is 2.44. The van der Waals surface area contributed by atoms with Crippen LogP contribution in [0, 0.1) is 32.6 Å². The van der Waals surface area contributed by atoms with Crippen molar-refractivity contribution in [3.05, 3.63) is 34.4 Å². The third-order valence-corrected chi connectivity index (χ3v) is 5.09. The van der Waals surface area contributed by atoms with Crippen LogP contribution in [0.4, 0.5) is 0 Å². The van der Waals surface area contributed by atoms with Gasteiger partial charge >= 0.3 is 0 Å². The standard InChI is InChI=1S/C18H26ClNO/c1-12-8-13(2)17(14(3)9-12)18(21)20-11-16-7-5-4-6-15(16)10-19/h8-9,15-16H,4-7,10-11H2,1-3H3,(H,20,21). The molecule has 1 aromatic carbocycles. The van der Waals surface area contributed by atoms with Gasteiger partial charge in [-0.05, 0) is 56.6 Å². The van der Waals surface area contributed by atoms with E-state index in [9.17, 15) is 4.79 Å². The van der Waals surface area contributed by atoms with Gasteiger partial charge in [0.25, 0.3) is 5.91 Å². The highest BCUT2D eigenvalue weighted by Gasteiger charge is 2.25. The molecule has 1 aliphatic rings. The van der Waals surface area contributed by atoms with Crippen molar-refractivity contribution in [2.24, 2.45) is 11.8 Å².